The highest BCUT2D eigenvalue weighted by Crippen LogP contribution is 2.26. The summed E-state index contributed by atoms with van der Waals surface area (Å²) in [6.45, 7) is 3.98. The van der Waals surface area contributed by atoms with Gasteiger partial charge in [-0.15, -0.1) is 0 Å². The summed E-state index contributed by atoms with van der Waals surface area (Å²) in [6, 6.07) is 3.62. The van der Waals surface area contributed by atoms with E-state index in [1.807, 2.05) is 26.0 Å². The van der Waals surface area contributed by atoms with Crippen LogP contribution in [0.1, 0.15) is 46.0 Å². The normalized spacial score (nSPS) is 16.2. The molecule has 1 fully saturated rings. The summed E-state index contributed by atoms with van der Waals surface area (Å²) in [5, 5.41) is 10.0. The van der Waals surface area contributed by atoms with Gasteiger partial charge < -0.3 is 16.0 Å². The number of hydrogen-bond donors (Lipinski definition) is 3. The van der Waals surface area contributed by atoms with Crippen LogP contribution in [0.3, 0.4) is 0 Å². The highest BCUT2D eigenvalue weighted by molar-refractivity contribution is 5.97. The van der Waals surface area contributed by atoms with Crippen LogP contribution in [-0.4, -0.2) is 18.7 Å². The zero-order valence-corrected chi connectivity index (χ0v) is 15.7. The highest BCUT2D eigenvalue weighted by Gasteiger charge is 2.25. The fourth-order valence-electron chi connectivity index (χ4n) is 3.88. The van der Waals surface area contributed by atoms with Crippen LogP contribution in [0.15, 0.2) is 23.3 Å². The van der Waals surface area contributed by atoms with Gasteiger partial charge in [0.15, 0.2) is 0 Å². The lowest BCUT2D eigenvalue weighted by Gasteiger charge is -2.22. The molecule has 3 rings (SSSR count). The van der Waals surface area contributed by atoms with Gasteiger partial charge in [-0.3, -0.25) is 14.4 Å². The summed E-state index contributed by atoms with van der Waals surface area (Å²) in [5.74, 6) is 0.0444. The van der Waals surface area contributed by atoms with Crippen LogP contribution in [0, 0.1) is 5.92 Å². The molecule has 0 bridgehead atoms. The third-order valence-corrected chi connectivity index (χ3v) is 5.24. The molecule has 0 atom stereocenters. The van der Waals surface area contributed by atoms with Gasteiger partial charge in [0.25, 0.3) is 0 Å². The van der Waals surface area contributed by atoms with Gasteiger partial charge in [0.2, 0.25) is 18.7 Å². The molecule has 0 aromatic heterocycles. The van der Waals surface area contributed by atoms with Crippen LogP contribution >= 0.6 is 0 Å². The summed E-state index contributed by atoms with van der Waals surface area (Å²) >= 11 is 0. The first kappa shape index (κ1) is 18.9. The number of fused-ring (bicyclic) bond motifs is 1. The second-order valence-corrected chi connectivity index (χ2v) is 7.23. The highest BCUT2D eigenvalue weighted by atomic mass is 16.2. The van der Waals surface area contributed by atoms with Crippen molar-refractivity contribution in [2.75, 3.05) is 10.6 Å². The molecule has 27 heavy (non-hydrogen) atoms. The minimum absolute atomic E-state index is 0.0208. The fourth-order valence-corrected chi connectivity index (χ4v) is 3.88. The average molecular weight is 367 g/mol. The molecule has 3 amide bonds. The van der Waals surface area contributed by atoms with Crippen LogP contribution < -0.4 is 26.4 Å². The first-order chi connectivity index (χ1) is 13.1. The number of carbonyl (C=O) groups excluding carboxylic acids is 3. The number of benzene rings is 1. The van der Waals surface area contributed by atoms with Crippen molar-refractivity contribution in [3.63, 3.8) is 0 Å². The Bertz CT molecular complexity index is 921. The summed E-state index contributed by atoms with van der Waals surface area (Å²) < 4.78 is 0. The number of amides is 3. The second kappa shape index (κ2) is 8.20. The van der Waals surface area contributed by atoms with Crippen molar-refractivity contribution in [3.8, 4) is 0 Å². The maximum absolute atomic E-state index is 12.9. The van der Waals surface area contributed by atoms with Crippen molar-refractivity contribution >= 4 is 41.9 Å². The van der Waals surface area contributed by atoms with Crippen molar-refractivity contribution in [3.05, 3.63) is 33.7 Å². The van der Waals surface area contributed by atoms with E-state index in [9.17, 15) is 14.4 Å². The number of nitrogens with one attached hydrogen (secondary N) is 3. The molecule has 0 spiro atoms. The molecule has 0 saturated heterocycles. The maximum atomic E-state index is 12.9. The van der Waals surface area contributed by atoms with E-state index in [-0.39, 0.29) is 11.8 Å². The first-order valence-corrected chi connectivity index (χ1v) is 9.35. The molecular formula is C21H25N3O3. The molecule has 2 aliphatic rings. The molecule has 6 nitrogen and oxygen atoms in total. The zero-order valence-electron chi connectivity index (χ0n) is 15.7. The van der Waals surface area contributed by atoms with E-state index in [1.165, 1.54) is 6.42 Å². The first-order valence-electron chi connectivity index (χ1n) is 9.35. The summed E-state index contributed by atoms with van der Waals surface area (Å²) in [5.41, 5.74) is 3.67. The second-order valence-electron chi connectivity index (χ2n) is 7.23. The molecule has 2 aliphatic carbocycles. The van der Waals surface area contributed by atoms with E-state index in [0.717, 1.165) is 47.3 Å². The zero-order chi connectivity index (χ0) is 19.4. The van der Waals surface area contributed by atoms with Crippen LogP contribution in [0.4, 0.5) is 11.4 Å². The Balaban J connectivity index is 2.15. The van der Waals surface area contributed by atoms with Crippen molar-refractivity contribution < 1.29 is 14.4 Å². The fraction of sp³-hybridized carbons (Fsp3) is 0.381. The Hall–Kier alpha value is -2.89. The molecule has 1 aromatic carbocycles. The van der Waals surface area contributed by atoms with E-state index < -0.39 is 0 Å². The van der Waals surface area contributed by atoms with Crippen LogP contribution in [0.5, 0.6) is 0 Å². The average Bonchev–Trinajstić information content (AvgIpc) is 3.03. The SMILES string of the molecule is CC(C)=C1C=c2ccc(NC=O)c(NC=O)c2=C1NC(=O)C1CCCCC1. The quantitative estimate of drug-likeness (QED) is 0.670. The van der Waals surface area contributed by atoms with Gasteiger partial charge in [0.1, 0.15) is 0 Å². The minimum atomic E-state index is 0.0208. The van der Waals surface area contributed by atoms with Gasteiger partial charge >= 0.3 is 0 Å². The van der Waals surface area contributed by atoms with Crippen molar-refractivity contribution in [1.29, 1.82) is 0 Å². The van der Waals surface area contributed by atoms with E-state index in [4.69, 9.17) is 0 Å². The predicted octanol–water partition coefficient (Wildman–Crippen LogP) is 1.76. The molecule has 0 heterocycles. The van der Waals surface area contributed by atoms with Gasteiger partial charge in [-0.2, -0.15) is 0 Å². The predicted molar refractivity (Wildman–Crippen MR) is 106 cm³/mol. The largest absolute Gasteiger partial charge is 0.327 e. The van der Waals surface area contributed by atoms with Gasteiger partial charge in [-0.25, -0.2) is 0 Å². The molecular weight excluding hydrogens is 342 g/mol. The molecule has 0 radical (unpaired) electrons. The Labute approximate surface area is 158 Å². The van der Waals surface area contributed by atoms with Gasteiger partial charge in [-0.05, 0) is 49.6 Å². The standard InChI is InChI=1S/C21H25N3O3/c1-13(2)16-10-15-8-9-17(22-11-25)20(23-12-26)18(15)19(16)24-21(27)14-6-4-3-5-7-14/h8-12,14H,3-7H2,1-2H3,(H,22,25)(H,23,26)(H,24,27). The lowest BCUT2D eigenvalue weighted by Crippen LogP contribution is -2.37. The monoisotopic (exact) mass is 367 g/mol. The number of anilines is 2. The van der Waals surface area contributed by atoms with Gasteiger partial charge in [-0.1, -0.05) is 30.9 Å². The Morgan fingerprint density at radius 3 is 2.37 bits per heavy atom. The van der Waals surface area contributed by atoms with Crippen LogP contribution in [-0.2, 0) is 14.4 Å². The molecule has 1 aromatic rings. The maximum Gasteiger partial charge on any atom is 0.227 e. The van der Waals surface area contributed by atoms with E-state index in [0.29, 0.717) is 29.9 Å². The minimum Gasteiger partial charge on any atom is -0.327 e. The third kappa shape index (κ3) is 3.79. The van der Waals surface area contributed by atoms with Crippen molar-refractivity contribution in [1.82, 2.24) is 5.32 Å². The van der Waals surface area contributed by atoms with E-state index in [2.05, 4.69) is 16.0 Å². The molecule has 1 saturated carbocycles. The smallest absolute Gasteiger partial charge is 0.227 e. The number of allylic oxidation sites excluding steroid dienone is 1. The molecule has 0 unspecified atom stereocenters. The van der Waals surface area contributed by atoms with E-state index >= 15 is 0 Å². The molecule has 0 aliphatic heterocycles. The third-order valence-electron chi connectivity index (χ3n) is 5.24. The molecule has 3 N–H and O–H groups in total. The lowest BCUT2D eigenvalue weighted by molar-refractivity contribution is -0.124. The van der Waals surface area contributed by atoms with Crippen molar-refractivity contribution in [2.45, 2.75) is 46.0 Å². The van der Waals surface area contributed by atoms with E-state index in [1.54, 1.807) is 6.07 Å². The van der Waals surface area contributed by atoms with Gasteiger partial charge in [0.05, 0.1) is 17.1 Å². The molecule has 6 heteroatoms. The topological polar surface area (TPSA) is 87.3 Å². The molecule has 142 valence electrons. The Kier molecular flexibility index (Phi) is 5.74. The van der Waals surface area contributed by atoms with Crippen LogP contribution in [0.25, 0.3) is 11.8 Å². The summed E-state index contributed by atoms with van der Waals surface area (Å²) in [6.07, 6.45) is 8.31. The summed E-state index contributed by atoms with van der Waals surface area (Å²) in [4.78, 5) is 35.0. The number of carbonyl (C=O) groups is 3. The van der Waals surface area contributed by atoms with Crippen molar-refractivity contribution in [2.24, 2.45) is 5.92 Å². The van der Waals surface area contributed by atoms with Crippen LogP contribution in [0.2, 0.25) is 0 Å². The Morgan fingerprint density at radius 1 is 1.04 bits per heavy atom. The number of hydrogen-bond acceptors (Lipinski definition) is 3. The number of rotatable bonds is 6. The summed E-state index contributed by atoms with van der Waals surface area (Å²) in [7, 11) is 0. The lowest BCUT2D eigenvalue weighted by atomic mass is 9.88. The van der Waals surface area contributed by atoms with Gasteiger partial charge in [0, 0.05) is 11.1 Å². The Morgan fingerprint density at radius 2 is 1.74 bits per heavy atom.